The molecule has 0 fully saturated rings. The maximum absolute atomic E-state index is 11.1. The Bertz CT molecular complexity index is 1070. The van der Waals surface area contributed by atoms with Gasteiger partial charge < -0.3 is 5.11 Å². The lowest BCUT2D eigenvalue weighted by Crippen LogP contribution is -2.23. The largest absolute Gasteiger partial charge is 0.478 e. The first-order chi connectivity index (χ1) is 14.3. The third kappa shape index (κ3) is 4.40. The number of carbonyl (C=O) groups is 1. The van der Waals surface area contributed by atoms with Gasteiger partial charge in [0.05, 0.1) is 5.56 Å². The molecule has 1 atom stereocenters. The zero-order valence-corrected chi connectivity index (χ0v) is 18.4. The molecule has 0 saturated carbocycles. The fourth-order valence-corrected chi connectivity index (χ4v) is 5.39. The second-order valence-electron chi connectivity index (χ2n) is 8.47. The van der Waals surface area contributed by atoms with E-state index in [-0.39, 0.29) is 5.41 Å². The van der Waals surface area contributed by atoms with E-state index in [4.69, 9.17) is 28.3 Å². The maximum Gasteiger partial charge on any atom is 0.335 e. The van der Waals surface area contributed by atoms with Gasteiger partial charge in [-0.3, -0.25) is 0 Å². The summed E-state index contributed by atoms with van der Waals surface area (Å²) in [6.07, 6.45) is 4.92. The van der Waals surface area contributed by atoms with Crippen molar-refractivity contribution >= 4 is 29.2 Å². The average Bonchev–Trinajstić information content (AvgIpc) is 3.03. The maximum atomic E-state index is 11.1. The zero-order valence-electron chi connectivity index (χ0n) is 16.9. The number of hydrogen-bond acceptors (Lipinski definition) is 1. The standard InChI is InChI=1S/C26H24Cl2O2/c1-26(16-18-13-22(27)15-23(28)14-18)12-11-20-4-2-3-19(24(20)26)8-5-17-6-9-21(10-7-17)25(29)30/h2-4,6-7,9-10,13-15H,5,8,11-12,16H2,1H3,(H,29,30)/t26-/m1/s1. The van der Waals surface area contributed by atoms with Crippen LogP contribution in [0.15, 0.2) is 60.7 Å². The molecule has 3 aromatic carbocycles. The topological polar surface area (TPSA) is 37.3 Å². The Kier molecular flexibility index (Phi) is 5.90. The van der Waals surface area contributed by atoms with Crippen LogP contribution in [0.3, 0.4) is 0 Å². The van der Waals surface area contributed by atoms with E-state index in [1.807, 2.05) is 24.3 Å². The molecule has 4 heteroatoms. The molecule has 1 aliphatic rings. The smallest absolute Gasteiger partial charge is 0.335 e. The van der Waals surface area contributed by atoms with Crippen molar-refractivity contribution in [3.8, 4) is 0 Å². The summed E-state index contributed by atoms with van der Waals surface area (Å²) < 4.78 is 0. The van der Waals surface area contributed by atoms with Gasteiger partial charge in [-0.05, 0) is 95.7 Å². The molecule has 154 valence electrons. The molecule has 0 unspecified atom stereocenters. The van der Waals surface area contributed by atoms with E-state index < -0.39 is 5.97 Å². The molecule has 0 saturated heterocycles. The number of carboxylic acids is 1. The van der Waals surface area contributed by atoms with Gasteiger partial charge in [-0.1, -0.05) is 60.5 Å². The summed E-state index contributed by atoms with van der Waals surface area (Å²) in [6.45, 7) is 2.35. The van der Waals surface area contributed by atoms with Gasteiger partial charge >= 0.3 is 5.97 Å². The number of halogens is 2. The molecule has 0 aliphatic heterocycles. The van der Waals surface area contributed by atoms with Gasteiger partial charge in [0.1, 0.15) is 0 Å². The van der Waals surface area contributed by atoms with E-state index in [2.05, 4.69) is 25.1 Å². The summed E-state index contributed by atoms with van der Waals surface area (Å²) in [5.74, 6) is -0.890. The lowest BCUT2D eigenvalue weighted by atomic mass is 9.76. The molecule has 0 spiro atoms. The van der Waals surface area contributed by atoms with Crippen LogP contribution in [0, 0.1) is 0 Å². The van der Waals surface area contributed by atoms with Crippen molar-refractivity contribution in [1.29, 1.82) is 0 Å². The third-order valence-corrected chi connectivity index (χ3v) is 6.62. The first kappa shape index (κ1) is 21.0. The summed E-state index contributed by atoms with van der Waals surface area (Å²) in [5, 5.41) is 10.4. The molecule has 1 aliphatic carbocycles. The first-order valence-electron chi connectivity index (χ1n) is 10.2. The second-order valence-corrected chi connectivity index (χ2v) is 9.34. The van der Waals surface area contributed by atoms with Crippen LogP contribution in [0.5, 0.6) is 0 Å². The van der Waals surface area contributed by atoms with Crippen LogP contribution in [-0.2, 0) is 31.1 Å². The number of rotatable bonds is 6. The molecule has 0 amide bonds. The molecule has 30 heavy (non-hydrogen) atoms. The second kappa shape index (κ2) is 8.45. The van der Waals surface area contributed by atoms with E-state index in [1.54, 1.807) is 18.2 Å². The van der Waals surface area contributed by atoms with Gasteiger partial charge in [-0.15, -0.1) is 0 Å². The van der Waals surface area contributed by atoms with Crippen LogP contribution in [0.4, 0.5) is 0 Å². The molecule has 0 aromatic heterocycles. The number of aryl methyl sites for hydroxylation is 3. The van der Waals surface area contributed by atoms with Crippen LogP contribution in [-0.4, -0.2) is 11.1 Å². The van der Waals surface area contributed by atoms with Crippen molar-refractivity contribution in [2.24, 2.45) is 0 Å². The van der Waals surface area contributed by atoms with Crippen molar-refractivity contribution in [3.63, 3.8) is 0 Å². The number of fused-ring (bicyclic) bond motifs is 1. The SMILES string of the molecule is C[C@]1(Cc2cc(Cl)cc(Cl)c2)CCc2cccc(CCc3ccc(C(=O)O)cc3)c21. The van der Waals surface area contributed by atoms with Crippen molar-refractivity contribution in [1.82, 2.24) is 0 Å². The van der Waals surface area contributed by atoms with Gasteiger partial charge in [-0.2, -0.15) is 0 Å². The first-order valence-corrected chi connectivity index (χ1v) is 11.0. The van der Waals surface area contributed by atoms with Gasteiger partial charge in [-0.25, -0.2) is 4.79 Å². The molecule has 1 N–H and O–H groups in total. The Labute approximate surface area is 187 Å². The summed E-state index contributed by atoms with van der Waals surface area (Å²) in [7, 11) is 0. The molecule has 0 bridgehead atoms. The molecular formula is C26H24Cl2O2. The van der Waals surface area contributed by atoms with Crippen LogP contribution in [0.2, 0.25) is 10.0 Å². The Morgan fingerprint density at radius 1 is 0.967 bits per heavy atom. The van der Waals surface area contributed by atoms with E-state index in [0.29, 0.717) is 15.6 Å². The van der Waals surface area contributed by atoms with E-state index in [9.17, 15) is 4.79 Å². The highest BCUT2D eigenvalue weighted by Gasteiger charge is 2.36. The fraction of sp³-hybridized carbons (Fsp3) is 0.269. The lowest BCUT2D eigenvalue weighted by molar-refractivity contribution is 0.0697. The number of hydrogen-bond donors (Lipinski definition) is 1. The predicted molar refractivity (Wildman–Crippen MR) is 123 cm³/mol. The monoisotopic (exact) mass is 438 g/mol. The van der Waals surface area contributed by atoms with Gasteiger partial charge in [0.25, 0.3) is 0 Å². The minimum atomic E-state index is -0.890. The van der Waals surface area contributed by atoms with Crippen LogP contribution >= 0.6 is 23.2 Å². The van der Waals surface area contributed by atoms with Gasteiger partial charge in [0, 0.05) is 10.0 Å². The van der Waals surface area contributed by atoms with E-state index in [0.717, 1.165) is 37.7 Å². The van der Waals surface area contributed by atoms with Crippen molar-refractivity contribution in [2.45, 2.75) is 44.4 Å². The summed E-state index contributed by atoms with van der Waals surface area (Å²) in [6, 6.07) is 19.6. The Balaban J connectivity index is 1.58. The molecular weight excluding hydrogens is 415 g/mol. The zero-order chi connectivity index (χ0) is 21.3. The molecule has 4 rings (SSSR count). The quantitative estimate of drug-likeness (QED) is 0.453. The number of benzene rings is 3. The normalized spacial score (nSPS) is 17.7. The highest BCUT2D eigenvalue weighted by atomic mass is 35.5. The Hall–Kier alpha value is -2.29. The fourth-order valence-electron chi connectivity index (χ4n) is 4.81. The predicted octanol–water partition coefficient (Wildman–Crippen LogP) is 6.92. The van der Waals surface area contributed by atoms with Crippen LogP contribution in [0.1, 0.15) is 51.5 Å². The van der Waals surface area contributed by atoms with Crippen molar-refractivity contribution in [2.75, 3.05) is 0 Å². The van der Waals surface area contributed by atoms with E-state index >= 15 is 0 Å². The minimum absolute atomic E-state index is 0.0487. The average molecular weight is 439 g/mol. The Morgan fingerprint density at radius 2 is 1.67 bits per heavy atom. The molecule has 0 heterocycles. The third-order valence-electron chi connectivity index (χ3n) is 6.19. The highest BCUT2D eigenvalue weighted by Crippen LogP contribution is 2.44. The molecule has 2 nitrogen and oxygen atoms in total. The summed E-state index contributed by atoms with van der Waals surface area (Å²) in [5.41, 5.74) is 6.97. The number of carboxylic acid groups (broad SMARTS) is 1. The summed E-state index contributed by atoms with van der Waals surface area (Å²) >= 11 is 12.5. The van der Waals surface area contributed by atoms with Crippen molar-refractivity contribution < 1.29 is 9.90 Å². The lowest BCUT2D eigenvalue weighted by Gasteiger charge is -2.28. The van der Waals surface area contributed by atoms with Crippen LogP contribution < -0.4 is 0 Å². The van der Waals surface area contributed by atoms with Gasteiger partial charge in [0.15, 0.2) is 0 Å². The van der Waals surface area contributed by atoms with Crippen LogP contribution in [0.25, 0.3) is 0 Å². The number of aromatic carboxylic acids is 1. The Morgan fingerprint density at radius 3 is 2.33 bits per heavy atom. The molecule has 0 radical (unpaired) electrons. The van der Waals surface area contributed by atoms with Gasteiger partial charge in [0.2, 0.25) is 0 Å². The minimum Gasteiger partial charge on any atom is -0.478 e. The van der Waals surface area contributed by atoms with Crippen molar-refractivity contribution in [3.05, 3.63) is 104 Å². The summed E-state index contributed by atoms with van der Waals surface area (Å²) in [4.78, 5) is 11.1. The van der Waals surface area contributed by atoms with E-state index in [1.165, 1.54) is 22.3 Å². The molecule has 3 aromatic rings. The highest BCUT2D eigenvalue weighted by molar-refractivity contribution is 6.34.